The standard InChI is InChI=1S/C33H44BN3O5/c1-31(2,3)17-24(35-7)29(38)37-18-21-14-23(21)25(37)19-40-30(39)36-28(13-20-11-9-8-10-12-20)34-41-27-16-22-15-26(32(22,4)5)33(27,6)42-34/h8-12,17,21-23,25-28H,13-16,18-19H2,1-6H3,(H,36,39)/t21-,22+,23-,25-,26+,27-,28+,33+/m1/s1. The number of hydrogen-bond donors (Lipinski definition) is 1. The van der Waals surface area contributed by atoms with Gasteiger partial charge in [-0.15, -0.1) is 0 Å². The third-order valence-electron chi connectivity index (χ3n) is 10.8. The quantitative estimate of drug-likeness (QED) is 0.273. The third kappa shape index (κ3) is 5.26. The average Bonchev–Trinajstić information content (AvgIpc) is 3.46. The Kier molecular flexibility index (Phi) is 7.25. The second-order valence-electron chi connectivity index (χ2n) is 15.1. The molecule has 1 aromatic rings. The van der Waals surface area contributed by atoms with Gasteiger partial charge in [0, 0.05) is 6.54 Å². The van der Waals surface area contributed by atoms with Gasteiger partial charge in [-0.1, -0.05) is 71.0 Å². The molecule has 2 saturated heterocycles. The second-order valence-corrected chi connectivity index (χ2v) is 15.1. The molecule has 1 aromatic carbocycles. The van der Waals surface area contributed by atoms with Crippen molar-refractivity contribution in [2.24, 2.45) is 34.5 Å². The number of carbonyl (C=O) groups is 2. The van der Waals surface area contributed by atoms with Crippen molar-refractivity contribution < 1.29 is 23.6 Å². The Bertz CT molecular complexity index is 1300. The van der Waals surface area contributed by atoms with Crippen molar-refractivity contribution in [2.45, 2.75) is 90.9 Å². The first kappa shape index (κ1) is 29.3. The molecule has 2 heterocycles. The molecule has 6 aliphatic rings. The maximum Gasteiger partial charge on any atom is 0.482 e. The Morgan fingerprint density at radius 3 is 2.62 bits per heavy atom. The van der Waals surface area contributed by atoms with Gasteiger partial charge in [-0.05, 0) is 72.7 Å². The van der Waals surface area contributed by atoms with E-state index < -0.39 is 19.2 Å². The molecule has 8 nitrogen and oxygen atoms in total. The summed E-state index contributed by atoms with van der Waals surface area (Å²) in [6.07, 6.45) is 4.91. The van der Waals surface area contributed by atoms with E-state index in [1.54, 1.807) is 11.0 Å². The number of carbonyl (C=O) groups excluding carboxylic acids is 2. The first-order valence-electron chi connectivity index (χ1n) is 15.5. The Balaban J connectivity index is 1.13. The molecule has 224 valence electrons. The van der Waals surface area contributed by atoms with Crippen LogP contribution in [0.2, 0.25) is 0 Å². The van der Waals surface area contributed by atoms with E-state index in [-0.39, 0.29) is 46.8 Å². The van der Waals surface area contributed by atoms with Crippen LogP contribution in [-0.4, -0.2) is 60.9 Å². The number of fused-ring (bicyclic) bond motifs is 1. The Labute approximate surface area is 250 Å². The highest BCUT2D eigenvalue weighted by Gasteiger charge is 2.68. The van der Waals surface area contributed by atoms with Gasteiger partial charge in [0.25, 0.3) is 5.91 Å². The van der Waals surface area contributed by atoms with E-state index in [4.69, 9.17) is 20.6 Å². The van der Waals surface area contributed by atoms with Crippen molar-refractivity contribution in [2.75, 3.05) is 13.2 Å². The summed E-state index contributed by atoms with van der Waals surface area (Å²) in [4.78, 5) is 31.9. The number of nitrogens with one attached hydrogen (secondary N) is 1. The van der Waals surface area contributed by atoms with E-state index in [9.17, 15) is 9.59 Å². The van der Waals surface area contributed by atoms with Crippen molar-refractivity contribution in [3.8, 4) is 0 Å². The van der Waals surface area contributed by atoms with Gasteiger partial charge in [-0.3, -0.25) is 4.79 Å². The van der Waals surface area contributed by atoms with E-state index >= 15 is 0 Å². The minimum absolute atomic E-state index is 0.0121. The summed E-state index contributed by atoms with van der Waals surface area (Å²) in [5.41, 5.74) is 0.771. The summed E-state index contributed by atoms with van der Waals surface area (Å²) < 4.78 is 19.1. The molecule has 2 amide bonds. The van der Waals surface area contributed by atoms with Gasteiger partial charge in [0.15, 0.2) is 0 Å². The zero-order valence-corrected chi connectivity index (χ0v) is 25.8. The van der Waals surface area contributed by atoms with Crippen molar-refractivity contribution >= 4 is 19.1 Å². The lowest BCUT2D eigenvalue weighted by Gasteiger charge is -2.64. The molecule has 4 saturated carbocycles. The van der Waals surface area contributed by atoms with Crippen LogP contribution in [0.5, 0.6) is 0 Å². The first-order chi connectivity index (χ1) is 19.8. The minimum Gasteiger partial charge on any atom is -0.447 e. The molecule has 2 aliphatic heterocycles. The fourth-order valence-electron chi connectivity index (χ4n) is 8.23. The number of hydrogen-bond acceptors (Lipinski definition) is 5. The molecule has 1 N–H and O–H groups in total. The van der Waals surface area contributed by atoms with Crippen LogP contribution in [0.15, 0.2) is 42.1 Å². The van der Waals surface area contributed by atoms with Crippen LogP contribution in [0.4, 0.5) is 4.79 Å². The third-order valence-corrected chi connectivity index (χ3v) is 10.8. The van der Waals surface area contributed by atoms with Crippen molar-refractivity contribution in [3.63, 3.8) is 0 Å². The maximum atomic E-state index is 13.3. The largest absolute Gasteiger partial charge is 0.482 e. The van der Waals surface area contributed by atoms with Crippen molar-refractivity contribution in [1.29, 1.82) is 0 Å². The minimum atomic E-state index is -0.580. The van der Waals surface area contributed by atoms with Crippen LogP contribution in [0, 0.1) is 41.1 Å². The molecule has 42 heavy (non-hydrogen) atoms. The molecular weight excluding hydrogens is 529 g/mol. The van der Waals surface area contributed by atoms with Crippen molar-refractivity contribution in [3.05, 3.63) is 59.1 Å². The lowest BCUT2D eigenvalue weighted by molar-refractivity contribution is -0.199. The van der Waals surface area contributed by atoms with Crippen LogP contribution in [0.3, 0.4) is 0 Å². The molecule has 4 aliphatic carbocycles. The topological polar surface area (TPSA) is 81.5 Å². The molecule has 0 unspecified atom stereocenters. The van der Waals surface area contributed by atoms with Gasteiger partial charge in [0.1, 0.15) is 6.61 Å². The zero-order chi connectivity index (χ0) is 30.0. The number of ether oxygens (including phenoxy) is 1. The van der Waals surface area contributed by atoms with E-state index in [2.05, 4.69) is 30.9 Å². The van der Waals surface area contributed by atoms with Crippen LogP contribution in [0.25, 0.3) is 4.85 Å². The van der Waals surface area contributed by atoms with Crippen LogP contribution in [0.1, 0.15) is 66.4 Å². The van der Waals surface area contributed by atoms with Gasteiger partial charge in [0.05, 0.1) is 30.3 Å². The smallest absolute Gasteiger partial charge is 0.447 e. The van der Waals surface area contributed by atoms with E-state index in [0.717, 1.165) is 24.8 Å². The highest BCUT2D eigenvalue weighted by Crippen LogP contribution is 2.65. The summed E-state index contributed by atoms with van der Waals surface area (Å²) >= 11 is 0. The fraction of sp³-hybridized carbons (Fsp3) is 0.667. The SMILES string of the molecule is [C-]#[N+]C(=CC(C)(C)C)C(=O)N1C[C@H]2C[C@H]2[C@H]1COC(=O)N[C@@H](Cc1ccccc1)B1O[C@@H]2C[C@@H]3C[C@@H](C3(C)C)[C@]2(C)O1. The Morgan fingerprint density at radius 1 is 1.21 bits per heavy atom. The van der Waals surface area contributed by atoms with Crippen LogP contribution in [-0.2, 0) is 25.3 Å². The van der Waals surface area contributed by atoms with Crippen LogP contribution < -0.4 is 5.32 Å². The lowest BCUT2D eigenvalue weighted by atomic mass is 9.43. The first-order valence-corrected chi connectivity index (χ1v) is 15.5. The Hall–Kier alpha value is -2.83. The molecule has 9 heteroatoms. The molecule has 0 spiro atoms. The van der Waals surface area contributed by atoms with Crippen molar-refractivity contribution in [1.82, 2.24) is 10.2 Å². The number of nitrogens with zero attached hydrogens (tertiary/aromatic N) is 2. The van der Waals surface area contributed by atoms with E-state index in [0.29, 0.717) is 36.6 Å². The molecule has 7 rings (SSSR count). The number of rotatable bonds is 7. The number of piperidine rings is 1. The van der Waals surface area contributed by atoms with Gasteiger partial charge in [0.2, 0.25) is 5.70 Å². The van der Waals surface area contributed by atoms with Gasteiger partial charge in [-0.2, -0.15) is 0 Å². The van der Waals surface area contributed by atoms with Crippen LogP contribution >= 0.6 is 0 Å². The number of benzene rings is 1. The molecule has 8 atom stereocenters. The predicted octanol–water partition coefficient (Wildman–Crippen LogP) is 5.29. The van der Waals surface area contributed by atoms with Gasteiger partial charge >= 0.3 is 13.2 Å². The normalized spacial score (nSPS) is 34.9. The summed E-state index contributed by atoms with van der Waals surface area (Å²) in [6, 6.07) is 9.81. The predicted molar refractivity (Wildman–Crippen MR) is 160 cm³/mol. The molecule has 2 bridgehead atoms. The second kappa shape index (κ2) is 10.4. The van der Waals surface area contributed by atoms with Gasteiger partial charge < -0.3 is 24.3 Å². The monoisotopic (exact) mass is 573 g/mol. The Morgan fingerprint density at radius 2 is 1.95 bits per heavy atom. The summed E-state index contributed by atoms with van der Waals surface area (Å²) in [6.45, 7) is 21.1. The number of likely N-dealkylation sites (tertiary alicyclic amines) is 1. The molecule has 0 aromatic heterocycles. The van der Waals surface area contributed by atoms with E-state index in [1.807, 2.05) is 51.1 Å². The molecular formula is C33H44BN3O5. The molecule has 0 radical (unpaired) electrons. The summed E-state index contributed by atoms with van der Waals surface area (Å²) in [5.74, 6) is 1.08. The zero-order valence-electron chi connectivity index (χ0n) is 25.8. The maximum absolute atomic E-state index is 13.3. The average molecular weight is 574 g/mol. The van der Waals surface area contributed by atoms with E-state index in [1.165, 1.54) is 0 Å². The number of alkyl carbamates (subject to hydrolysis) is 1. The highest BCUT2D eigenvalue weighted by atomic mass is 16.7. The van der Waals surface area contributed by atoms with Gasteiger partial charge in [-0.25, -0.2) is 9.64 Å². The number of amides is 2. The highest BCUT2D eigenvalue weighted by molar-refractivity contribution is 6.47. The summed E-state index contributed by atoms with van der Waals surface area (Å²) in [5, 5.41) is 3.07. The fourth-order valence-corrected chi connectivity index (χ4v) is 8.23. The summed E-state index contributed by atoms with van der Waals surface area (Å²) in [7, 11) is -0.580. The lowest BCUT2D eigenvalue weighted by Crippen LogP contribution is -2.65. The number of allylic oxidation sites excluding steroid dienone is 1. The molecule has 6 fully saturated rings.